The SMILES string of the molecule is CCC[N+]1(CC)C(=O)C(F)(F)CN(C2CCCC2)c2nc(Nc3ccc(C(=O)O)cc3OC)ncc21. The van der Waals surface area contributed by atoms with E-state index >= 15 is 8.78 Å². The predicted molar refractivity (Wildman–Crippen MR) is 132 cm³/mol. The van der Waals surface area contributed by atoms with E-state index in [1.165, 1.54) is 31.5 Å². The maximum absolute atomic E-state index is 15.4. The van der Waals surface area contributed by atoms with E-state index in [9.17, 15) is 14.7 Å². The molecule has 0 bridgehead atoms. The summed E-state index contributed by atoms with van der Waals surface area (Å²) in [5, 5.41) is 12.3. The zero-order valence-corrected chi connectivity index (χ0v) is 20.8. The smallest absolute Gasteiger partial charge is 0.390 e. The molecule has 2 heterocycles. The molecule has 1 aliphatic carbocycles. The molecule has 1 saturated carbocycles. The van der Waals surface area contributed by atoms with Crippen molar-refractivity contribution in [2.75, 3.05) is 37.0 Å². The third-order valence-electron chi connectivity index (χ3n) is 7.16. The summed E-state index contributed by atoms with van der Waals surface area (Å²) in [6.45, 7) is 3.26. The second kappa shape index (κ2) is 9.96. The van der Waals surface area contributed by atoms with Crippen molar-refractivity contribution in [3.05, 3.63) is 30.0 Å². The number of anilines is 3. The van der Waals surface area contributed by atoms with Gasteiger partial charge in [-0.1, -0.05) is 19.8 Å². The van der Waals surface area contributed by atoms with Crippen molar-refractivity contribution in [3.63, 3.8) is 0 Å². The topological polar surface area (TPSA) is 105 Å². The number of rotatable bonds is 8. The van der Waals surface area contributed by atoms with Gasteiger partial charge in [0.15, 0.2) is 5.82 Å². The number of quaternary nitrogens is 1. The highest BCUT2D eigenvalue weighted by molar-refractivity contribution is 5.98. The Labute approximate surface area is 208 Å². The van der Waals surface area contributed by atoms with E-state index in [1.54, 1.807) is 11.8 Å². The number of ether oxygens (including phenoxy) is 1. The van der Waals surface area contributed by atoms with Crippen molar-refractivity contribution in [2.45, 2.75) is 57.9 Å². The van der Waals surface area contributed by atoms with Gasteiger partial charge in [0.25, 0.3) is 0 Å². The Morgan fingerprint density at radius 3 is 2.64 bits per heavy atom. The lowest BCUT2D eigenvalue weighted by Crippen LogP contribution is -2.61. The van der Waals surface area contributed by atoms with Crippen molar-refractivity contribution in [1.82, 2.24) is 14.5 Å². The van der Waals surface area contributed by atoms with Crippen molar-refractivity contribution < 1.29 is 28.2 Å². The van der Waals surface area contributed by atoms with Crippen molar-refractivity contribution in [3.8, 4) is 5.75 Å². The number of benzene rings is 1. The minimum absolute atomic E-state index is 0.0537. The fourth-order valence-corrected chi connectivity index (χ4v) is 5.36. The molecule has 2 N–H and O–H groups in total. The Balaban J connectivity index is 1.84. The van der Waals surface area contributed by atoms with Crippen LogP contribution in [0.1, 0.15) is 56.3 Å². The fourth-order valence-electron chi connectivity index (χ4n) is 5.36. The van der Waals surface area contributed by atoms with E-state index in [0.717, 1.165) is 25.7 Å². The van der Waals surface area contributed by atoms with Crippen LogP contribution in [-0.4, -0.2) is 65.7 Å². The van der Waals surface area contributed by atoms with E-state index in [-0.39, 0.29) is 36.4 Å². The van der Waals surface area contributed by atoms with E-state index in [0.29, 0.717) is 23.6 Å². The monoisotopic (exact) mass is 504 g/mol. The van der Waals surface area contributed by atoms with Gasteiger partial charge in [-0.05, 0) is 44.4 Å². The highest BCUT2D eigenvalue weighted by Gasteiger charge is 2.59. The van der Waals surface area contributed by atoms with E-state index in [1.807, 2.05) is 6.92 Å². The number of halogens is 2. The Morgan fingerprint density at radius 1 is 1.31 bits per heavy atom. The van der Waals surface area contributed by atoms with Crippen LogP contribution < -0.4 is 19.4 Å². The molecule has 194 valence electrons. The van der Waals surface area contributed by atoms with Crippen LogP contribution in [0.5, 0.6) is 5.75 Å². The molecule has 0 spiro atoms. The van der Waals surface area contributed by atoms with E-state index in [4.69, 9.17) is 4.74 Å². The average Bonchev–Trinajstić information content (AvgIpc) is 3.38. The Kier molecular flexibility index (Phi) is 7.12. The second-order valence-electron chi connectivity index (χ2n) is 9.33. The lowest BCUT2D eigenvalue weighted by Gasteiger charge is -2.34. The number of hydrogen-bond donors (Lipinski definition) is 2. The van der Waals surface area contributed by atoms with Crippen LogP contribution in [-0.2, 0) is 4.79 Å². The van der Waals surface area contributed by atoms with Gasteiger partial charge >= 0.3 is 17.8 Å². The molecule has 1 aliphatic heterocycles. The summed E-state index contributed by atoms with van der Waals surface area (Å²) < 4.78 is 35.7. The zero-order valence-electron chi connectivity index (χ0n) is 20.8. The molecule has 0 radical (unpaired) electrons. The molecule has 1 aromatic carbocycles. The zero-order chi connectivity index (χ0) is 26.1. The lowest BCUT2D eigenvalue weighted by molar-refractivity contribution is -0.154. The van der Waals surface area contributed by atoms with Crippen LogP contribution in [0.15, 0.2) is 24.4 Å². The highest BCUT2D eigenvalue weighted by atomic mass is 19.3. The van der Waals surface area contributed by atoms with Crippen LogP contribution >= 0.6 is 0 Å². The number of carbonyl (C=O) groups excluding carboxylic acids is 1. The molecule has 2 aliphatic rings. The van der Waals surface area contributed by atoms with Crippen LogP contribution in [0.2, 0.25) is 0 Å². The first-order valence-corrected chi connectivity index (χ1v) is 12.3. The standard InChI is InChI=1S/C25H31F2N5O4/c1-4-12-32(5-2)19-14-28-24(29-18-11-10-16(22(33)34)13-20(18)36-3)30-21(19)31(17-8-6-7-9-17)15-25(26,27)23(32)35/h10-11,13-14,17H,4-9,12,15H2,1-3H3,(H-,28,29,30,33,34)/p+1. The minimum atomic E-state index is -3.54. The number of aromatic nitrogens is 2. The van der Waals surface area contributed by atoms with Gasteiger partial charge in [-0.3, -0.25) is 0 Å². The molecule has 2 aromatic rings. The Bertz CT molecular complexity index is 1160. The van der Waals surface area contributed by atoms with Gasteiger partial charge in [-0.15, -0.1) is 0 Å². The molecule has 1 aromatic heterocycles. The average molecular weight is 505 g/mol. The maximum Gasteiger partial charge on any atom is 0.390 e. The van der Waals surface area contributed by atoms with Crippen LogP contribution in [0, 0.1) is 0 Å². The number of carboxylic acid groups (broad SMARTS) is 1. The number of amides is 1. The van der Waals surface area contributed by atoms with Crippen LogP contribution in [0.25, 0.3) is 0 Å². The minimum Gasteiger partial charge on any atom is -0.495 e. The van der Waals surface area contributed by atoms with Crippen molar-refractivity contribution >= 4 is 35.0 Å². The normalized spacial score (nSPS) is 21.7. The van der Waals surface area contributed by atoms with Crippen molar-refractivity contribution in [1.29, 1.82) is 0 Å². The highest BCUT2D eigenvalue weighted by Crippen LogP contribution is 2.44. The van der Waals surface area contributed by atoms with E-state index in [2.05, 4.69) is 15.3 Å². The third-order valence-corrected chi connectivity index (χ3v) is 7.16. The number of nitrogens with one attached hydrogen (secondary N) is 1. The molecule has 1 amide bonds. The second-order valence-corrected chi connectivity index (χ2v) is 9.33. The number of nitrogens with zero attached hydrogens (tertiary/aromatic N) is 4. The molecule has 1 atom stereocenters. The third kappa shape index (κ3) is 4.47. The summed E-state index contributed by atoms with van der Waals surface area (Å²) in [4.78, 5) is 35.3. The van der Waals surface area contributed by atoms with Crippen LogP contribution in [0.3, 0.4) is 0 Å². The van der Waals surface area contributed by atoms with Crippen LogP contribution in [0.4, 0.5) is 31.9 Å². The number of aromatic carboxylic acids is 1. The van der Waals surface area contributed by atoms with Gasteiger partial charge in [0.2, 0.25) is 11.6 Å². The molecule has 1 fully saturated rings. The first kappa shape index (κ1) is 25.7. The summed E-state index contributed by atoms with van der Waals surface area (Å²) in [6, 6.07) is 4.18. The van der Waals surface area contributed by atoms with Gasteiger partial charge in [0.05, 0.1) is 44.2 Å². The molecule has 11 heteroatoms. The summed E-state index contributed by atoms with van der Waals surface area (Å²) in [7, 11) is 1.41. The van der Waals surface area contributed by atoms with Gasteiger partial charge in [-0.25, -0.2) is 19.1 Å². The summed E-state index contributed by atoms with van der Waals surface area (Å²) >= 11 is 0. The van der Waals surface area contributed by atoms with E-state index < -0.39 is 28.8 Å². The lowest BCUT2D eigenvalue weighted by atomic mass is 10.2. The van der Waals surface area contributed by atoms with Gasteiger partial charge in [-0.2, -0.15) is 13.8 Å². The summed E-state index contributed by atoms with van der Waals surface area (Å²) in [5.41, 5.74) is 0.861. The largest absolute Gasteiger partial charge is 0.495 e. The molecule has 9 nitrogen and oxygen atoms in total. The number of fused-ring (bicyclic) bond motifs is 1. The number of methoxy groups -OCH3 is 1. The summed E-state index contributed by atoms with van der Waals surface area (Å²) in [5.74, 6) is -5.01. The van der Waals surface area contributed by atoms with Gasteiger partial charge < -0.3 is 20.1 Å². The van der Waals surface area contributed by atoms with Gasteiger partial charge in [0, 0.05) is 6.04 Å². The van der Waals surface area contributed by atoms with Gasteiger partial charge in [0.1, 0.15) is 5.75 Å². The predicted octanol–water partition coefficient (Wildman–Crippen LogP) is 4.59. The number of alkyl halides is 2. The number of carboxylic acids is 1. The number of hydrogen-bond acceptors (Lipinski definition) is 7. The van der Waals surface area contributed by atoms with Crippen molar-refractivity contribution in [2.24, 2.45) is 0 Å². The molecule has 36 heavy (non-hydrogen) atoms. The summed E-state index contributed by atoms with van der Waals surface area (Å²) in [6.07, 6.45) is 5.38. The fraction of sp³-hybridized carbons (Fsp3) is 0.520. The Hall–Kier alpha value is -3.34. The molecular weight excluding hydrogens is 472 g/mol. The molecule has 0 saturated heterocycles. The first-order valence-electron chi connectivity index (χ1n) is 12.3. The first-order chi connectivity index (χ1) is 17.2. The Morgan fingerprint density at radius 2 is 2.03 bits per heavy atom. The maximum atomic E-state index is 15.4. The number of carbonyl (C=O) groups is 2. The molecular formula is C25H32F2N5O4+. The quantitative estimate of drug-likeness (QED) is 0.503. The molecule has 4 rings (SSSR count). The molecule has 1 unspecified atom stereocenters.